The predicted molar refractivity (Wildman–Crippen MR) is 84.2 cm³/mol. The summed E-state index contributed by atoms with van der Waals surface area (Å²) in [5.74, 6) is 2.21. The predicted octanol–water partition coefficient (Wildman–Crippen LogP) is 2.84. The van der Waals surface area contributed by atoms with Crippen LogP contribution in [0.1, 0.15) is 31.4 Å². The minimum absolute atomic E-state index is 0.200. The first-order chi connectivity index (χ1) is 10.2. The molecule has 2 heterocycles. The summed E-state index contributed by atoms with van der Waals surface area (Å²) in [6.45, 7) is 6.21. The van der Waals surface area contributed by atoms with Crippen molar-refractivity contribution in [3.63, 3.8) is 0 Å². The van der Waals surface area contributed by atoms with Crippen LogP contribution in [-0.2, 0) is 0 Å². The van der Waals surface area contributed by atoms with Gasteiger partial charge in [0.25, 0.3) is 0 Å². The number of hydrogen-bond donors (Lipinski definition) is 1. The van der Waals surface area contributed by atoms with Crippen molar-refractivity contribution in [2.24, 2.45) is 11.7 Å². The molecular formula is C16H23ClN2O2. The Morgan fingerprint density at radius 3 is 2.71 bits per heavy atom. The highest BCUT2D eigenvalue weighted by molar-refractivity contribution is 6.32. The van der Waals surface area contributed by atoms with Gasteiger partial charge in [-0.1, -0.05) is 18.5 Å². The van der Waals surface area contributed by atoms with Crippen LogP contribution in [0.2, 0.25) is 5.02 Å². The third kappa shape index (κ3) is 3.12. The molecule has 0 spiro atoms. The van der Waals surface area contributed by atoms with E-state index in [-0.39, 0.29) is 6.04 Å². The van der Waals surface area contributed by atoms with Crippen molar-refractivity contribution in [2.45, 2.75) is 25.8 Å². The molecule has 3 rings (SSSR count). The lowest BCUT2D eigenvalue weighted by molar-refractivity contribution is 0.139. The number of benzene rings is 1. The summed E-state index contributed by atoms with van der Waals surface area (Å²) < 4.78 is 11.3. The number of rotatable bonds is 3. The number of piperidine rings is 1. The van der Waals surface area contributed by atoms with Crippen molar-refractivity contribution in [2.75, 3.05) is 32.8 Å². The lowest BCUT2D eigenvalue weighted by Gasteiger charge is -2.36. The van der Waals surface area contributed by atoms with Gasteiger partial charge in [0, 0.05) is 12.6 Å². The number of fused-ring (bicyclic) bond motifs is 1. The molecule has 1 unspecified atom stereocenters. The molecular weight excluding hydrogens is 288 g/mol. The lowest BCUT2D eigenvalue weighted by Crippen LogP contribution is -2.39. The smallest absolute Gasteiger partial charge is 0.179 e. The maximum absolute atomic E-state index is 6.35. The van der Waals surface area contributed by atoms with E-state index in [1.165, 1.54) is 12.8 Å². The summed E-state index contributed by atoms with van der Waals surface area (Å²) in [7, 11) is 0. The van der Waals surface area contributed by atoms with Gasteiger partial charge in [0.15, 0.2) is 11.5 Å². The summed E-state index contributed by atoms with van der Waals surface area (Å²) in [6, 6.07) is 4.21. The Hall–Kier alpha value is -0.970. The Balaban J connectivity index is 1.85. The van der Waals surface area contributed by atoms with E-state index in [0.717, 1.165) is 30.3 Å². The van der Waals surface area contributed by atoms with Crippen LogP contribution in [0.3, 0.4) is 0 Å². The minimum atomic E-state index is 0.200. The average molecular weight is 311 g/mol. The molecule has 1 aromatic rings. The van der Waals surface area contributed by atoms with Gasteiger partial charge in [-0.2, -0.15) is 0 Å². The highest BCUT2D eigenvalue weighted by atomic mass is 35.5. The van der Waals surface area contributed by atoms with E-state index in [4.69, 9.17) is 26.8 Å². The van der Waals surface area contributed by atoms with Gasteiger partial charge < -0.3 is 15.2 Å². The Bertz CT molecular complexity index is 501. The van der Waals surface area contributed by atoms with E-state index in [9.17, 15) is 0 Å². The molecule has 1 atom stereocenters. The molecule has 0 radical (unpaired) electrons. The van der Waals surface area contributed by atoms with Crippen LogP contribution in [0.15, 0.2) is 12.1 Å². The molecule has 21 heavy (non-hydrogen) atoms. The normalized spacial score (nSPS) is 21.3. The van der Waals surface area contributed by atoms with Gasteiger partial charge in [0.2, 0.25) is 0 Å². The molecule has 0 saturated carbocycles. The second kappa shape index (κ2) is 6.42. The number of likely N-dealkylation sites (tertiary alicyclic amines) is 1. The molecule has 2 aliphatic heterocycles. The standard InChI is InChI=1S/C16H23ClN2O2/c1-11-2-4-19(5-3-11)14(10-18)12-8-13(17)16-15(9-12)20-6-7-21-16/h8-9,11,14H,2-7,10,18H2,1H3. The van der Waals surface area contributed by atoms with Gasteiger partial charge in [0.05, 0.1) is 5.02 Å². The number of nitrogens with two attached hydrogens (primary N) is 1. The van der Waals surface area contributed by atoms with Crippen LogP contribution in [0.4, 0.5) is 0 Å². The highest BCUT2D eigenvalue weighted by Gasteiger charge is 2.26. The van der Waals surface area contributed by atoms with Gasteiger partial charge in [-0.15, -0.1) is 0 Å². The fraction of sp³-hybridized carbons (Fsp3) is 0.625. The van der Waals surface area contributed by atoms with Crippen LogP contribution in [0, 0.1) is 5.92 Å². The molecule has 2 aliphatic rings. The maximum atomic E-state index is 6.35. The Morgan fingerprint density at radius 2 is 2.00 bits per heavy atom. The molecule has 5 heteroatoms. The number of halogens is 1. The molecule has 0 aliphatic carbocycles. The molecule has 116 valence electrons. The molecule has 1 saturated heterocycles. The first kappa shape index (κ1) is 14.9. The Labute approximate surface area is 131 Å². The van der Waals surface area contributed by atoms with E-state index < -0.39 is 0 Å². The SMILES string of the molecule is CC1CCN(C(CN)c2cc(Cl)c3c(c2)OCCO3)CC1. The molecule has 0 bridgehead atoms. The van der Waals surface area contributed by atoms with Crippen molar-refractivity contribution in [3.05, 3.63) is 22.7 Å². The third-order valence-corrected chi connectivity index (χ3v) is 4.77. The van der Waals surface area contributed by atoms with E-state index in [2.05, 4.69) is 11.8 Å². The Kier molecular flexibility index (Phi) is 4.57. The fourth-order valence-corrected chi connectivity index (χ4v) is 3.43. The lowest BCUT2D eigenvalue weighted by atomic mass is 9.95. The zero-order valence-corrected chi connectivity index (χ0v) is 13.2. The summed E-state index contributed by atoms with van der Waals surface area (Å²) in [5.41, 5.74) is 7.17. The van der Waals surface area contributed by atoms with Gasteiger partial charge >= 0.3 is 0 Å². The topological polar surface area (TPSA) is 47.7 Å². The number of nitrogens with zero attached hydrogens (tertiary/aromatic N) is 1. The van der Waals surface area contributed by atoms with Gasteiger partial charge in [-0.25, -0.2) is 0 Å². The second-order valence-corrected chi connectivity index (χ2v) is 6.40. The molecule has 2 N–H and O–H groups in total. The zero-order chi connectivity index (χ0) is 14.8. The van der Waals surface area contributed by atoms with Crippen LogP contribution in [0.25, 0.3) is 0 Å². The largest absolute Gasteiger partial charge is 0.486 e. The fourth-order valence-electron chi connectivity index (χ4n) is 3.16. The summed E-state index contributed by atoms with van der Waals surface area (Å²) in [4.78, 5) is 2.46. The van der Waals surface area contributed by atoms with Gasteiger partial charge in [-0.05, 0) is 49.5 Å². The van der Waals surface area contributed by atoms with Crippen LogP contribution >= 0.6 is 11.6 Å². The highest BCUT2D eigenvalue weighted by Crippen LogP contribution is 2.40. The quantitative estimate of drug-likeness (QED) is 0.932. The van der Waals surface area contributed by atoms with Crippen LogP contribution in [0.5, 0.6) is 11.5 Å². The van der Waals surface area contributed by atoms with Gasteiger partial charge in [0.1, 0.15) is 13.2 Å². The van der Waals surface area contributed by atoms with E-state index in [1.807, 2.05) is 12.1 Å². The van der Waals surface area contributed by atoms with Crippen molar-refractivity contribution in [3.8, 4) is 11.5 Å². The van der Waals surface area contributed by atoms with Gasteiger partial charge in [-0.3, -0.25) is 4.90 Å². The number of ether oxygens (including phenoxy) is 2. The first-order valence-corrected chi connectivity index (χ1v) is 8.10. The maximum Gasteiger partial charge on any atom is 0.179 e. The molecule has 0 aromatic heterocycles. The monoisotopic (exact) mass is 310 g/mol. The molecule has 0 amide bonds. The van der Waals surface area contributed by atoms with E-state index in [1.54, 1.807) is 0 Å². The zero-order valence-electron chi connectivity index (χ0n) is 12.5. The summed E-state index contributed by atoms with van der Waals surface area (Å²) in [6.07, 6.45) is 2.46. The van der Waals surface area contributed by atoms with Crippen LogP contribution < -0.4 is 15.2 Å². The van der Waals surface area contributed by atoms with Crippen molar-refractivity contribution in [1.29, 1.82) is 0 Å². The first-order valence-electron chi connectivity index (χ1n) is 7.72. The van der Waals surface area contributed by atoms with E-state index in [0.29, 0.717) is 30.5 Å². The summed E-state index contributed by atoms with van der Waals surface area (Å²) in [5, 5.41) is 0.617. The second-order valence-electron chi connectivity index (χ2n) is 6.00. The Morgan fingerprint density at radius 1 is 1.29 bits per heavy atom. The van der Waals surface area contributed by atoms with Crippen LogP contribution in [-0.4, -0.2) is 37.7 Å². The van der Waals surface area contributed by atoms with Crippen molar-refractivity contribution >= 4 is 11.6 Å². The molecule has 1 fully saturated rings. The number of hydrogen-bond acceptors (Lipinski definition) is 4. The molecule has 4 nitrogen and oxygen atoms in total. The van der Waals surface area contributed by atoms with Crippen molar-refractivity contribution in [1.82, 2.24) is 4.90 Å². The van der Waals surface area contributed by atoms with Crippen molar-refractivity contribution < 1.29 is 9.47 Å². The minimum Gasteiger partial charge on any atom is -0.486 e. The summed E-state index contributed by atoms with van der Waals surface area (Å²) >= 11 is 6.35. The third-order valence-electron chi connectivity index (χ3n) is 4.49. The molecule has 1 aromatic carbocycles. The average Bonchev–Trinajstić information content (AvgIpc) is 2.50. The van der Waals surface area contributed by atoms with E-state index >= 15 is 0 Å².